The molecule has 0 aromatic heterocycles. The maximum absolute atomic E-state index is 8.07. The van der Waals surface area contributed by atoms with Crippen molar-refractivity contribution in [1.29, 1.82) is 0 Å². The SMILES string of the molecule is CCOCCO.OCCO.[Ge]. The molecular weight excluding hydrogens is 209 g/mol. The first-order valence-electron chi connectivity index (χ1n) is 3.23. The Kier molecular flexibility index (Phi) is 35.6. The van der Waals surface area contributed by atoms with Crippen LogP contribution in [0.3, 0.4) is 0 Å². The first-order chi connectivity index (χ1) is 4.83. The minimum Gasteiger partial charge on any atom is -0.394 e. The molecule has 0 amide bonds. The first-order valence-corrected chi connectivity index (χ1v) is 3.23. The summed E-state index contributed by atoms with van der Waals surface area (Å²) in [6.45, 7) is 2.94. The van der Waals surface area contributed by atoms with Gasteiger partial charge in [-0.05, 0) is 6.92 Å². The van der Waals surface area contributed by atoms with Crippen LogP contribution in [0.2, 0.25) is 0 Å². The van der Waals surface area contributed by atoms with E-state index in [0.29, 0.717) is 13.2 Å². The molecular formula is C6H16GeO4. The van der Waals surface area contributed by atoms with Crippen molar-refractivity contribution < 1.29 is 20.1 Å². The second-order valence-electron chi connectivity index (χ2n) is 1.37. The van der Waals surface area contributed by atoms with Gasteiger partial charge in [-0.2, -0.15) is 0 Å². The number of hydrogen-bond acceptors (Lipinski definition) is 4. The third kappa shape index (κ3) is 38.0. The molecule has 4 nitrogen and oxygen atoms in total. The van der Waals surface area contributed by atoms with E-state index in [2.05, 4.69) is 0 Å². The van der Waals surface area contributed by atoms with Gasteiger partial charge in [-0.15, -0.1) is 0 Å². The van der Waals surface area contributed by atoms with Crippen LogP contribution >= 0.6 is 0 Å². The van der Waals surface area contributed by atoms with E-state index in [1.54, 1.807) is 0 Å². The molecule has 5 heteroatoms. The van der Waals surface area contributed by atoms with Crippen molar-refractivity contribution in [3.8, 4) is 0 Å². The minimum absolute atomic E-state index is 0. The van der Waals surface area contributed by atoms with Gasteiger partial charge in [0.05, 0.1) is 26.4 Å². The van der Waals surface area contributed by atoms with E-state index in [4.69, 9.17) is 20.1 Å². The standard InChI is InChI=1S/C4H10O2.C2H6O2.Ge/c1-2-6-4-3-5;3-1-2-4;/h5H,2-4H2,1H3;3-4H,1-2H2;. The summed E-state index contributed by atoms with van der Waals surface area (Å²) >= 11 is 0. The Labute approximate surface area is 78.2 Å². The van der Waals surface area contributed by atoms with E-state index in [-0.39, 0.29) is 37.4 Å². The maximum Gasteiger partial charge on any atom is 0.0697 e. The molecule has 0 saturated carbocycles. The Hall–Kier alpha value is 0.383. The van der Waals surface area contributed by atoms with Crippen molar-refractivity contribution in [3.63, 3.8) is 0 Å². The molecule has 11 heavy (non-hydrogen) atoms. The Balaban J connectivity index is -0.000000114. The molecule has 0 aliphatic carbocycles. The number of rotatable bonds is 4. The summed E-state index contributed by atoms with van der Waals surface area (Å²) < 4.78 is 4.73. The van der Waals surface area contributed by atoms with Crippen LogP contribution in [0.5, 0.6) is 0 Å². The van der Waals surface area contributed by atoms with Gasteiger partial charge in [-0.1, -0.05) is 0 Å². The van der Waals surface area contributed by atoms with Crippen LogP contribution in [-0.4, -0.2) is 66.0 Å². The van der Waals surface area contributed by atoms with Crippen molar-refractivity contribution >= 4 is 17.6 Å². The van der Waals surface area contributed by atoms with Crippen molar-refractivity contribution in [1.82, 2.24) is 0 Å². The molecule has 0 aromatic rings. The van der Waals surface area contributed by atoms with E-state index in [1.807, 2.05) is 6.92 Å². The molecule has 0 spiro atoms. The minimum atomic E-state index is -0.125. The quantitative estimate of drug-likeness (QED) is 0.406. The van der Waals surface area contributed by atoms with Crippen molar-refractivity contribution in [2.45, 2.75) is 6.92 Å². The Bertz CT molecular complexity index is 39.6. The smallest absolute Gasteiger partial charge is 0.0697 e. The average molecular weight is 225 g/mol. The molecule has 3 N–H and O–H groups in total. The second kappa shape index (κ2) is 22.4. The normalized spacial score (nSPS) is 7.64. The third-order valence-corrected chi connectivity index (χ3v) is 0.540. The molecule has 0 fully saturated rings. The van der Waals surface area contributed by atoms with Crippen LogP contribution in [0.4, 0.5) is 0 Å². The second-order valence-corrected chi connectivity index (χ2v) is 1.37. The van der Waals surface area contributed by atoms with Gasteiger partial charge < -0.3 is 20.1 Å². The van der Waals surface area contributed by atoms with Crippen LogP contribution in [0.1, 0.15) is 6.92 Å². The van der Waals surface area contributed by atoms with E-state index in [0.717, 1.165) is 0 Å². The Morgan fingerprint density at radius 1 is 1.00 bits per heavy atom. The van der Waals surface area contributed by atoms with E-state index < -0.39 is 0 Å². The Morgan fingerprint density at radius 2 is 1.45 bits per heavy atom. The summed E-state index contributed by atoms with van der Waals surface area (Å²) in [7, 11) is 0. The zero-order valence-corrected chi connectivity index (χ0v) is 8.88. The topological polar surface area (TPSA) is 69.9 Å². The van der Waals surface area contributed by atoms with Crippen LogP contribution in [0.25, 0.3) is 0 Å². The molecule has 0 saturated heterocycles. The van der Waals surface area contributed by atoms with Gasteiger partial charge in [0.15, 0.2) is 0 Å². The molecule has 4 radical (unpaired) electrons. The molecule has 68 valence electrons. The molecule has 0 rings (SSSR count). The van der Waals surface area contributed by atoms with E-state index in [9.17, 15) is 0 Å². The predicted molar refractivity (Wildman–Crippen MR) is 43.5 cm³/mol. The van der Waals surface area contributed by atoms with Crippen LogP contribution in [0, 0.1) is 0 Å². The summed E-state index contributed by atoms with van der Waals surface area (Å²) in [4.78, 5) is 0. The fourth-order valence-corrected chi connectivity index (χ4v) is 0.209. The summed E-state index contributed by atoms with van der Waals surface area (Å²) in [5.41, 5.74) is 0. The number of aliphatic hydroxyl groups excluding tert-OH is 3. The van der Waals surface area contributed by atoms with Crippen LogP contribution < -0.4 is 0 Å². The van der Waals surface area contributed by atoms with Crippen molar-refractivity contribution in [2.75, 3.05) is 33.0 Å². The fraction of sp³-hybridized carbons (Fsp3) is 1.00. The summed E-state index contributed by atoms with van der Waals surface area (Å²) in [5, 5.41) is 23.3. The molecule has 0 heterocycles. The van der Waals surface area contributed by atoms with Gasteiger partial charge in [0.2, 0.25) is 0 Å². The zero-order chi connectivity index (χ0) is 8.24. The fourth-order valence-electron chi connectivity index (χ4n) is 0.209. The van der Waals surface area contributed by atoms with E-state index in [1.165, 1.54) is 0 Å². The van der Waals surface area contributed by atoms with Gasteiger partial charge in [0, 0.05) is 24.2 Å². The number of ether oxygens (including phenoxy) is 1. The molecule has 0 aliphatic heterocycles. The molecule has 0 atom stereocenters. The van der Waals surface area contributed by atoms with Crippen LogP contribution in [-0.2, 0) is 4.74 Å². The number of hydrogen-bond donors (Lipinski definition) is 3. The molecule has 0 bridgehead atoms. The summed E-state index contributed by atoms with van der Waals surface area (Å²) in [6, 6.07) is 0. The summed E-state index contributed by atoms with van der Waals surface area (Å²) in [6.07, 6.45) is 0. The van der Waals surface area contributed by atoms with Crippen LogP contribution in [0.15, 0.2) is 0 Å². The molecule has 0 aromatic carbocycles. The molecule has 0 unspecified atom stereocenters. The average Bonchev–Trinajstić information content (AvgIpc) is 2.01. The zero-order valence-electron chi connectivity index (χ0n) is 6.79. The first kappa shape index (κ1) is 17.5. The number of aliphatic hydroxyl groups is 3. The van der Waals surface area contributed by atoms with Crippen molar-refractivity contribution in [2.24, 2.45) is 0 Å². The Morgan fingerprint density at radius 3 is 1.55 bits per heavy atom. The van der Waals surface area contributed by atoms with Gasteiger partial charge in [-0.25, -0.2) is 0 Å². The molecule has 0 aliphatic rings. The van der Waals surface area contributed by atoms with Gasteiger partial charge in [0.1, 0.15) is 0 Å². The monoisotopic (exact) mass is 226 g/mol. The predicted octanol–water partition coefficient (Wildman–Crippen LogP) is -1.39. The summed E-state index contributed by atoms with van der Waals surface area (Å²) in [5.74, 6) is 0. The van der Waals surface area contributed by atoms with Crippen molar-refractivity contribution in [3.05, 3.63) is 0 Å². The third-order valence-electron chi connectivity index (χ3n) is 0.540. The van der Waals surface area contributed by atoms with E-state index >= 15 is 0 Å². The largest absolute Gasteiger partial charge is 0.394 e. The van der Waals surface area contributed by atoms with Gasteiger partial charge in [-0.3, -0.25) is 0 Å². The van der Waals surface area contributed by atoms with Gasteiger partial charge in [0.25, 0.3) is 0 Å². The van der Waals surface area contributed by atoms with Gasteiger partial charge >= 0.3 is 0 Å². The maximum atomic E-state index is 8.07.